The van der Waals surface area contributed by atoms with Gasteiger partial charge in [-0.25, -0.2) is 0 Å². The predicted octanol–water partition coefficient (Wildman–Crippen LogP) is 4.71. The maximum absolute atomic E-state index is 9.46. The summed E-state index contributed by atoms with van der Waals surface area (Å²) < 4.78 is 16.6. The molecule has 0 radical (unpaired) electrons. The zero-order chi connectivity index (χ0) is 20.4. The molecule has 1 aliphatic rings. The molecule has 0 amide bonds. The number of hydrogen-bond acceptors (Lipinski definition) is 4. The summed E-state index contributed by atoms with van der Waals surface area (Å²) in [6.07, 6.45) is 6.68. The third-order valence-electron chi connectivity index (χ3n) is 5.12. The summed E-state index contributed by atoms with van der Waals surface area (Å²) in [5, 5.41) is 9.46. The standard InChI is InChI=1S/C24H31NO3/c1-5-7-21(28-23-15-22(16-23)27-4)12-9-18(2)24-14-19(8-6-13-26-3)10-11-20(24)17-25/h10-11,14,21-23H,2,5,7,9,12-13,15-16H2,1,3-4H3. The number of rotatable bonds is 10. The number of ether oxygens (including phenoxy) is 3. The molecule has 0 bridgehead atoms. The lowest BCUT2D eigenvalue weighted by Gasteiger charge is -2.36. The van der Waals surface area contributed by atoms with Gasteiger partial charge in [-0.2, -0.15) is 5.26 Å². The summed E-state index contributed by atoms with van der Waals surface area (Å²) >= 11 is 0. The summed E-state index contributed by atoms with van der Waals surface area (Å²) in [5.41, 5.74) is 3.34. The van der Waals surface area contributed by atoms with Crippen LogP contribution in [-0.4, -0.2) is 39.1 Å². The van der Waals surface area contributed by atoms with Crippen molar-refractivity contribution in [1.82, 2.24) is 0 Å². The molecule has 2 rings (SSSR count). The lowest BCUT2D eigenvalue weighted by atomic mass is 9.91. The van der Waals surface area contributed by atoms with Crippen LogP contribution in [-0.2, 0) is 14.2 Å². The number of hydrogen-bond donors (Lipinski definition) is 0. The lowest BCUT2D eigenvalue weighted by molar-refractivity contribution is -0.118. The van der Waals surface area contributed by atoms with Crippen LogP contribution in [0.1, 0.15) is 62.1 Å². The van der Waals surface area contributed by atoms with E-state index in [9.17, 15) is 5.26 Å². The van der Waals surface area contributed by atoms with E-state index < -0.39 is 0 Å². The van der Waals surface area contributed by atoms with E-state index in [2.05, 4.69) is 31.4 Å². The van der Waals surface area contributed by atoms with E-state index in [1.165, 1.54) is 0 Å². The summed E-state index contributed by atoms with van der Waals surface area (Å²) in [4.78, 5) is 0. The molecule has 150 valence electrons. The Bertz CT molecular complexity index is 747. The van der Waals surface area contributed by atoms with Crippen LogP contribution in [0.2, 0.25) is 0 Å². The van der Waals surface area contributed by atoms with Crippen molar-refractivity contribution in [1.29, 1.82) is 5.26 Å². The SMILES string of the molecule is C=C(CCC(CCC)OC1CC(OC)C1)c1cc(C#CCOC)ccc1C#N. The van der Waals surface area contributed by atoms with E-state index in [0.29, 0.717) is 24.4 Å². The molecule has 1 aromatic carbocycles. The second kappa shape index (κ2) is 11.7. The molecule has 1 saturated carbocycles. The Balaban J connectivity index is 1.99. The average Bonchev–Trinajstić information content (AvgIpc) is 2.68. The molecule has 1 unspecified atom stereocenters. The van der Waals surface area contributed by atoms with Crippen LogP contribution in [0.15, 0.2) is 24.8 Å². The van der Waals surface area contributed by atoms with E-state index in [0.717, 1.165) is 55.2 Å². The van der Waals surface area contributed by atoms with Crippen molar-refractivity contribution < 1.29 is 14.2 Å². The zero-order valence-corrected chi connectivity index (χ0v) is 17.3. The number of methoxy groups -OCH3 is 2. The van der Waals surface area contributed by atoms with Crippen molar-refractivity contribution in [3.05, 3.63) is 41.5 Å². The summed E-state index contributed by atoms with van der Waals surface area (Å²) in [6.45, 7) is 6.81. The molecular weight excluding hydrogens is 350 g/mol. The largest absolute Gasteiger partial charge is 0.381 e. The molecule has 4 heteroatoms. The Morgan fingerprint density at radius 3 is 2.68 bits per heavy atom. The molecule has 4 nitrogen and oxygen atoms in total. The molecule has 0 saturated heterocycles. The molecule has 1 fully saturated rings. The van der Waals surface area contributed by atoms with Gasteiger partial charge >= 0.3 is 0 Å². The normalized spacial score (nSPS) is 19.1. The highest BCUT2D eigenvalue weighted by Crippen LogP contribution is 2.30. The van der Waals surface area contributed by atoms with Crippen molar-refractivity contribution >= 4 is 5.57 Å². The minimum absolute atomic E-state index is 0.222. The van der Waals surface area contributed by atoms with Crippen molar-refractivity contribution in [3.63, 3.8) is 0 Å². The summed E-state index contributed by atoms with van der Waals surface area (Å²) in [6, 6.07) is 7.90. The summed E-state index contributed by atoms with van der Waals surface area (Å²) in [5.74, 6) is 6.02. The monoisotopic (exact) mass is 381 g/mol. The molecule has 0 aromatic heterocycles. The Morgan fingerprint density at radius 1 is 1.25 bits per heavy atom. The fraction of sp³-hybridized carbons (Fsp3) is 0.542. The first-order valence-electron chi connectivity index (χ1n) is 9.99. The maximum atomic E-state index is 9.46. The molecular formula is C24H31NO3. The fourth-order valence-corrected chi connectivity index (χ4v) is 3.39. The lowest BCUT2D eigenvalue weighted by Crippen LogP contribution is -2.39. The highest BCUT2D eigenvalue weighted by molar-refractivity contribution is 5.70. The summed E-state index contributed by atoms with van der Waals surface area (Å²) in [7, 11) is 3.38. The minimum Gasteiger partial charge on any atom is -0.381 e. The first kappa shape index (κ1) is 22.2. The van der Waals surface area contributed by atoms with Crippen LogP contribution < -0.4 is 0 Å². The Hall–Kier alpha value is -2.11. The number of nitrogens with zero attached hydrogens (tertiary/aromatic N) is 1. The molecule has 1 aromatic rings. The van der Waals surface area contributed by atoms with Gasteiger partial charge in [0.1, 0.15) is 6.61 Å². The van der Waals surface area contributed by atoms with Gasteiger partial charge < -0.3 is 14.2 Å². The highest BCUT2D eigenvalue weighted by Gasteiger charge is 2.31. The fourth-order valence-electron chi connectivity index (χ4n) is 3.39. The molecule has 0 spiro atoms. The van der Waals surface area contributed by atoms with E-state index in [-0.39, 0.29) is 6.10 Å². The third-order valence-corrected chi connectivity index (χ3v) is 5.12. The van der Waals surface area contributed by atoms with E-state index >= 15 is 0 Å². The maximum Gasteiger partial charge on any atom is 0.107 e. The second-order valence-corrected chi connectivity index (χ2v) is 7.25. The van der Waals surface area contributed by atoms with Crippen molar-refractivity contribution in [2.75, 3.05) is 20.8 Å². The van der Waals surface area contributed by atoms with Crippen molar-refractivity contribution in [2.45, 2.75) is 63.8 Å². The van der Waals surface area contributed by atoms with Gasteiger partial charge in [-0.1, -0.05) is 31.8 Å². The van der Waals surface area contributed by atoms with Crippen LogP contribution in [0.25, 0.3) is 5.57 Å². The molecule has 1 atom stereocenters. The first-order valence-corrected chi connectivity index (χ1v) is 9.99. The Labute approximate surface area is 169 Å². The van der Waals surface area contributed by atoms with E-state index in [1.807, 2.05) is 18.2 Å². The van der Waals surface area contributed by atoms with Crippen LogP contribution in [0.4, 0.5) is 0 Å². The van der Waals surface area contributed by atoms with Gasteiger partial charge in [0.25, 0.3) is 0 Å². The second-order valence-electron chi connectivity index (χ2n) is 7.25. The smallest absolute Gasteiger partial charge is 0.107 e. The Morgan fingerprint density at radius 2 is 2.04 bits per heavy atom. The van der Waals surface area contributed by atoms with Gasteiger partial charge in [0.2, 0.25) is 0 Å². The quantitative estimate of drug-likeness (QED) is 0.551. The van der Waals surface area contributed by atoms with Crippen LogP contribution >= 0.6 is 0 Å². The van der Waals surface area contributed by atoms with Gasteiger partial charge in [-0.15, -0.1) is 0 Å². The molecule has 0 heterocycles. The predicted molar refractivity (Wildman–Crippen MR) is 112 cm³/mol. The van der Waals surface area contributed by atoms with Crippen LogP contribution in [0.5, 0.6) is 0 Å². The first-order chi connectivity index (χ1) is 13.6. The minimum atomic E-state index is 0.222. The van der Waals surface area contributed by atoms with Crippen LogP contribution in [0.3, 0.4) is 0 Å². The van der Waals surface area contributed by atoms with Gasteiger partial charge in [-0.3, -0.25) is 0 Å². The number of nitriles is 1. The van der Waals surface area contributed by atoms with E-state index in [4.69, 9.17) is 14.2 Å². The third kappa shape index (κ3) is 6.50. The van der Waals surface area contributed by atoms with Crippen molar-refractivity contribution in [3.8, 4) is 17.9 Å². The van der Waals surface area contributed by atoms with Gasteiger partial charge in [-0.05, 0) is 61.4 Å². The van der Waals surface area contributed by atoms with E-state index in [1.54, 1.807) is 14.2 Å². The van der Waals surface area contributed by atoms with Crippen LogP contribution in [0, 0.1) is 23.2 Å². The molecule has 0 N–H and O–H groups in total. The van der Waals surface area contributed by atoms with Crippen molar-refractivity contribution in [2.24, 2.45) is 0 Å². The molecule has 0 aliphatic heterocycles. The molecule has 1 aliphatic carbocycles. The number of allylic oxidation sites excluding steroid dienone is 1. The Kier molecular flexibility index (Phi) is 9.24. The van der Waals surface area contributed by atoms with Gasteiger partial charge in [0.05, 0.1) is 29.9 Å². The van der Waals surface area contributed by atoms with Gasteiger partial charge in [0.15, 0.2) is 0 Å². The topological polar surface area (TPSA) is 51.5 Å². The molecule has 28 heavy (non-hydrogen) atoms. The van der Waals surface area contributed by atoms with Gasteiger partial charge in [0, 0.05) is 19.8 Å². The number of benzene rings is 1. The zero-order valence-electron chi connectivity index (χ0n) is 17.3. The highest BCUT2D eigenvalue weighted by atomic mass is 16.5. The average molecular weight is 382 g/mol.